The number of nitrogens with zero attached hydrogens (tertiary/aromatic N) is 2. The highest BCUT2D eigenvalue weighted by molar-refractivity contribution is 6.30. The number of halogens is 1. The zero-order chi connectivity index (χ0) is 18.7. The molecule has 2 aromatic rings. The van der Waals surface area contributed by atoms with E-state index in [2.05, 4.69) is 5.32 Å². The number of urea groups is 1. The van der Waals surface area contributed by atoms with Crippen molar-refractivity contribution in [2.75, 3.05) is 13.2 Å². The minimum Gasteiger partial charge on any atom is -0.492 e. The maximum Gasteiger partial charge on any atom is 0.325 e. The summed E-state index contributed by atoms with van der Waals surface area (Å²) < 4.78 is 5.55. The van der Waals surface area contributed by atoms with E-state index in [0.717, 1.165) is 4.90 Å². The second-order valence-corrected chi connectivity index (χ2v) is 6.44. The van der Waals surface area contributed by atoms with Gasteiger partial charge in [0.25, 0.3) is 5.91 Å². The maximum atomic E-state index is 12.8. The molecule has 0 bridgehead atoms. The summed E-state index contributed by atoms with van der Waals surface area (Å²) in [5.74, 6) is 0.163. The van der Waals surface area contributed by atoms with E-state index < -0.39 is 11.6 Å². The van der Waals surface area contributed by atoms with Crippen LogP contribution in [0.2, 0.25) is 5.02 Å². The highest BCUT2D eigenvalue weighted by Gasteiger charge is 2.48. The van der Waals surface area contributed by atoms with Crippen molar-refractivity contribution in [2.24, 2.45) is 0 Å². The molecule has 1 aliphatic rings. The molecule has 1 fully saturated rings. The van der Waals surface area contributed by atoms with E-state index in [1.54, 1.807) is 55.5 Å². The van der Waals surface area contributed by atoms with Crippen LogP contribution in [0.1, 0.15) is 18.1 Å². The number of nitrogens with one attached hydrogen (secondary N) is 1. The largest absolute Gasteiger partial charge is 0.492 e. The molecule has 0 spiro atoms. The molecule has 2 aromatic carbocycles. The molecule has 0 radical (unpaired) electrons. The lowest BCUT2D eigenvalue weighted by Gasteiger charge is -2.22. The van der Waals surface area contributed by atoms with Crippen molar-refractivity contribution in [3.05, 3.63) is 64.7 Å². The highest BCUT2D eigenvalue weighted by atomic mass is 35.5. The van der Waals surface area contributed by atoms with Crippen LogP contribution in [0, 0.1) is 11.3 Å². The minimum atomic E-state index is -1.14. The Bertz CT molecular complexity index is 892. The summed E-state index contributed by atoms with van der Waals surface area (Å²) in [5.41, 5.74) is 0.000707. The molecule has 0 aliphatic carbocycles. The summed E-state index contributed by atoms with van der Waals surface area (Å²) in [6.07, 6.45) is 0. The van der Waals surface area contributed by atoms with Crippen molar-refractivity contribution in [2.45, 2.75) is 12.5 Å². The van der Waals surface area contributed by atoms with Gasteiger partial charge in [0, 0.05) is 5.02 Å². The Balaban J connectivity index is 1.67. The molecule has 132 valence electrons. The van der Waals surface area contributed by atoms with Gasteiger partial charge in [-0.25, -0.2) is 4.79 Å². The van der Waals surface area contributed by atoms with E-state index in [1.165, 1.54) is 0 Å². The smallest absolute Gasteiger partial charge is 0.325 e. The van der Waals surface area contributed by atoms with Gasteiger partial charge in [-0.1, -0.05) is 29.8 Å². The van der Waals surface area contributed by atoms with Gasteiger partial charge >= 0.3 is 6.03 Å². The average molecular weight is 370 g/mol. The number of imide groups is 1. The van der Waals surface area contributed by atoms with Crippen LogP contribution in [0.5, 0.6) is 5.75 Å². The summed E-state index contributed by atoms with van der Waals surface area (Å²) >= 11 is 5.89. The van der Waals surface area contributed by atoms with Crippen LogP contribution in [0.15, 0.2) is 48.5 Å². The standard InChI is InChI=1S/C19H16ClN3O3/c1-19(14-5-7-15(20)8-6-14)17(24)23(18(25)22-19)9-10-26-16-4-2-3-13(11-16)12-21/h2-8,11H,9-10H2,1H3,(H,22,25)/t19-/m1/s1. The van der Waals surface area contributed by atoms with Crippen LogP contribution in [0.3, 0.4) is 0 Å². The van der Waals surface area contributed by atoms with E-state index in [1.807, 2.05) is 6.07 Å². The molecule has 6 nitrogen and oxygen atoms in total. The highest BCUT2D eigenvalue weighted by Crippen LogP contribution is 2.29. The number of ether oxygens (including phenoxy) is 1. The third-order valence-electron chi connectivity index (χ3n) is 4.24. The summed E-state index contributed by atoms with van der Waals surface area (Å²) in [6, 6.07) is 15.0. The number of nitriles is 1. The molecule has 7 heteroatoms. The first-order valence-electron chi connectivity index (χ1n) is 7.97. The normalized spacial score (nSPS) is 19.2. The predicted molar refractivity (Wildman–Crippen MR) is 95.7 cm³/mol. The van der Waals surface area contributed by atoms with Crippen LogP contribution in [0.25, 0.3) is 0 Å². The zero-order valence-electron chi connectivity index (χ0n) is 14.0. The molecule has 0 saturated carbocycles. The molecule has 1 saturated heterocycles. The van der Waals surface area contributed by atoms with Crippen molar-refractivity contribution in [3.8, 4) is 11.8 Å². The van der Waals surface area contributed by atoms with Crippen LogP contribution in [-0.2, 0) is 10.3 Å². The fourth-order valence-corrected chi connectivity index (χ4v) is 2.92. The SMILES string of the molecule is C[C@]1(c2ccc(Cl)cc2)NC(=O)N(CCOc2cccc(C#N)c2)C1=O. The molecule has 0 aromatic heterocycles. The number of benzene rings is 2. The van der Waals surface area contributed by atoms with Crippen molar-refractivity contribution >= 4 is 23.5 Å². The molecule has 1 heterocycles. The molecular weight excluding hydrogens is 354 g/mol. The van der Waals surface area contributed by atoms with E-state index in [9.17, 15) is 9.59 Å². The van der Waals surface area contributed by atoms with Gasteiger partial charge in [0.05, 0.1) is 18.2 Å². The number of carbonyl (C=O) groups is 2. The predicted octanol–water partition coefficient (Wildman–Crippen LogP) is 3.06. The molecule has 1 atom stereocenters. The topological polar surface area (TPSA) is 82.4 Å². The number of amides is 3. The van der Waals surface area contributed by atoms with Crippen LogP contribution < -0.4 is 10.1 Å². The van der Waals surface area contributed by atoms with E-state index in [0.29, 0.717) is 21.9 Å². The zero-order valence-corrected chi connectivity index (χ0v) is 14.8. The first-order valence-corrected chi connectivity index (χ1v) is 8.35. The number of hydrogen-bond acceptors (Lipinski definition) is 4. The van der Waals surface area contributed by atoms with Gasteiger partial charge in [-0.05, 0) is 42.8 Å². The Morgan fingerprint density at radius 1 is 1.23 bits per heavy atom. The van der Waals surface area contributed by atoms with Crippen LogP contribution in [-0.4, -0.2) is 30.0 Å². The lowest BCUT2D eigenvalue weighted by atomic mass is 9.92. The number of carbonyl (C=O) groups excluding carboxylic acids is 2. The molecule has 3 amide bonds. The first kappa shape index (κ1) is 17.8. The summed E-state index contributed by atoms with van der Waals surface area (Å²) in [4.78, 5) is 26.2. The van der Waals surface area contributed by atoms with Gasteiger partial charge in [0.2, 0.25) is 0 Å². The van der Waals surface area contributed by atoms with Gasteiger partial charge in [0.15, 0.2) is 0 Å². The minimum absolute atomic E-state index is 0.102. The second-order valence-electron chi connectivity index (χ2n) is 6.01. The Kier molecular flexibility index (Phi) is 4.83. The Morgan fingerprint density at radius 2 is 1.96 bits per heavy atom. The molecule has 0 unspecified atom stereocenters. The average Bonchev–Trinajstić information content (AvgIpc) is 2.86. The van der Waals surface area contributed by atoms with Gasteiger partial charge in [-0.15, -0.1) is 0 Å². The number of rotatable bonds is 5. The first-order chi connectivity index (χ1) is 12.4. The molecule has 26 heavy (non-hydrogen) atoms. The van der Waals surface area contributed by atoms with E-state index in [4.69, 9.17) is 21.6 Å². The van der Waals surface area contributed by atoms with Crippen LogP contribution >= 0.6 is 11.6 Å². The monoisotopic (exact) mass is 369 g/mol. The summed E-state index contributed by atoms with van der Waals surface area (Å²) in [5, 5.41) is 12.2. The van der Waals surface area contributed by atoms with Crippen molar-refractivity contribution in [1.82, 2.24) is 10.2 Å². The second kappa shape index (κ2) is 7.06. The molecule has 1 aliphatic heterocycles. The maximum absolute atomic E-state index is 12.8. The Morgan fingerprint density at radius 3 is 2.65 bits per heavy atom. The van der Waals surface area contributed by atoms with Crippen LogP contribution in [0.4, 0.5) is 4.79 Å². The van der Waals surface area contributed by atoms with Crippen molar-refractivity contribution < 1.29 is 14.3 Å². The number of hydrogen-bond donors (Lipinski definition) is 1. The van der Waals surface area contributed by atoms with Gasteiger partial charge < -0.3 is 10.1 Å². The lowest BCUT2D eigenvalue weighted by Crippen LogP contribution is -2.41. The lowest BCUT2D eigenvalue weighted by molar-refractivity contribution is -0.131. The van der Waals surface area contributed by atoms with Gasteiger partial charge in [-0.3, -0.25) is 9.69 Å². The molecule has 3 rings (SSSR count). The third-order valence-corrected chi connectivity index (χ3v) is 4.50. The van der Waals surface area contributed by atoms with Crippen molar-refractivity contribution in [3.63, 3.8) is 0 Å². The van der Waals surface area contributed by atoms with Crippen molar-refractivity contribution in [1.29, 1.82) is 5.26 Å². The fourth-order valence-electron chi connectivity index (χ4n) is 2.79. The molecule has 1 N–H and O–H groups in total. The van der Waals surface area contributed by atoms with Gasteiger partial charge in [0.1, 0.15) is 17.9 Å². The Labute approximate surface area is 155 Å². The van der Waals surface area contributed by atoms with E-state index >= 15 is 0 Å². The molecular formula is C19H16ClN3O3. The summed E-state index contributed by atoms with van der Waals surface area (Å²) in [6.45, 7) is 1.89. The Hall–Kier alpha value is -3.04. The quantitative estimate of drug-likeness (QED) is 0.821. The van der Waals surface area contributed by atoms with Gasteiger partial charge in [-0.2, -0.15) is 5.26 Å². The fraction of sp³-hybridized carbons (Fsp3) is 0.211. The summed E-state index contributed by atoms with van der Waals surface area (Å²) in [7, 11) is 0. The third kappa shape index (κ3) is 3.35. The van der Waals surface area contributed by atoms with E-state index in [-0.39, 0.29) is 19.1 Å².